The van der Waals surface area contributed by atoms with Crippen molar-refractivity contribution in [3.05, 3.63) is 46.5 Å². The molecule has 1 heteroatoms. The van der Waals surface area contributed by atoms with Crippen molar-refractivity contribution in [1.29, 1.82) is 0 Å². The van der Waals surface area contributed by atoms with Gasteiger partial charge in [-0.25, -0.2) is 0 Å². The van der Waals surface area contributed by atoms with E-state index in [4.69, 9.17) is 0 Å². The third kappa shape index (κ3) is 2.44. The van der Waals surface area contributed by atoms with Crippen molar-refractivity contribution in [2.75, 3.05) is 0 Å². The van der Waals surface area contributed by atoms with E-state index in [-0.39, 0.29) is 18.9 Å². The summed E-state index contributed by atoms with van der Waals surface area (Å²) in [4.78, 5) is 0. The summed E-state index contributed by atoms with van der Waals surface area (Å²) in [5.41, 5.74) is 8.54. The quantitative estimate of drug-likeness (QED) is 0.632. The van der Waals surface area contributed by atoms with E-state index in [1.165, 1.54) is 33.4 Å². The van der Waals surface area contributed by atoms with Crippen LogP contribution in [0.25, 0.3) is 11.1 Å². The van der Waals surface area contributed by atoms with Crippen molar-refractivity contribution < 1.29 is 0 Å². The van der Waals surface area contributed by atoms with Crippen molar-refractivity contribution >= 4 is 18.9 Å². The summed E-state index contributed by atoms with van der Waals surface area (Å²) >= 11 is 0. The van der Waals surface area contributed by atoms with Crippen molar-refractivity contribution in [3.63, 3.8) is 0 Å². The molecule has 86 valence electrons. The summed E-state index contributed by atoms with van der Waals surface area (Å²) in [6, 6.07) is 9.02. The molecule has 17 heavy (non-hydrogen) atoms. The summed E-state index contributed by atoms with van der Waals surface area (Å²) in [6.07, 6.45) is 0. The van der Waals surface area contributed by atoms with Gasteiger partial charge in [0.25, 0.3) is 0 Å². The summed E-state index contributed by atoms with van der Waals surface area (Å²) in [7, 11) is 0. The van der Waals surface area contributed by atoms with Crippen LogP contribution < -0.4 is 0 Å². The second-order valence-corrected chi connectivity index (χ2v) is 5.06. The molecule has 2 aliphatic rings. The van der Waals surface area contributed by atoms with Crippen molar-refractivity contribution in [2.45, 2.75) is 40.5 Å². The predicted molar refractivity (Wildman–Crippen MR) is 78.5 cm³/mol. The predicted octanol–water partition coefficient (Wildman–Crippen LogP) is 4.19. The van der Waals surface area contributed by atoms with Crippen molar-refractivity contribution in [1.82, 2.24) is 0 Å². The Balaban J connectivity index is 0.00000144. The SMILES string of the molecule is Cc1ccc(C(C)C)c(C)c2c(C)ccc1-2.[LiH]. The molecular formula is C16H21Li. The maximum absolute atomic E-state index is 2.29. The molecule has 0 aromatic rings. The zero-order valence-corrected chi connectivity index (χ0v) is 10.9. The second-order valence-electron chi connectivity index (χ2n) is 5.06. The number of hydrogen-bond acceptors (Lipinski definition) is 0. The fourth-order valence-electron chi connectivity index (χ4n) is 2.61. The number of aryl methyl sites for hydroxylation is 2. The Hall–Kier alpha value is -0.703. The van der Waals surface area contributed by atoms with Gasteiger partial charge in [0.2, 0.25) is 0 Å². The van der Waals surface area contributed by atoms with Crippen molar-refractivity contribution in [3.8, 4) is 11.1 Å². The third-order valence-electron chi connectivity index (χ3n) is 3.53. The van der Waals surface area contributed by atoms with Crippen LogP contribution in [0.5, 0.6) is 0 Å². The van der Waals surface area contributed by atoms with Gasteiger partial charge in [0.15, 0.2) is 0 Å². The van der Waals surface area contributed by atoms with E-state index in [2.05, 4.69) is 58.9 Å². The molecule has 0 heterocycles. The molecule has 0 radical (unpaired) electrons. The van der Waals surface area contributed by atoms with Gasteiger partial charge in [0, 0.05) is 0 Å². The normalized spacial score (nSPS) is 10.7. The molecule has 2 aliphatic carbocycles. The summed E-state index contributed by atoms with van der Waals surface area (Å²) in [5.74, 6) is 0.587. The number of hydrogen-bond donors (Lipinski definition) is 0. The molecule has 0 nitrogen and oxygen atoms in total. The summed E-state index contributed by atoms with van der Waals surface area (Å²) < 4.78 is 0. The van der Waals surface area contributed by atoms with Gasteiger partial charge in [-0.1, -0.05) is 38.1 Å². The Kier molecular flexibility index (Phi) is 4.47. The first kappa shape index (κ1) is 14.4. The molecule has 0 N–H and O–H groups in total. The van der Waals surface area contributed by atoms with Crippen LogP contribution in [0.2, 0.25) is 0 Å². The molecule has 0 bridgehead atoms. The van der Waals surface area contributed by atoms with Gasteiger partial charge in [0.05, 0.1) is 0 Å². The molecular weight excluding hydrogens is 199 g/mol. The minimum absolute atomic E-state index is 0. The van der Waals surface area contributed by atoms with Crippen LogP contribution in [0.3, 0.4) is 0 Å². The Bertz CT molecular complexity index is 498. The first-order valence-corrected chi connectivity index (χ1v) is 6.01. The van der Waals surface area contributed by atoms with Crippen LogP contribution in [-0.4, -0.2) is 18.9 Å². The summed E-state index contributed by atoms with van der Waals surface area (Å²) in [5, 5.41) is 0. The van der Waals surface area contributed by atoms with E-state index in [1.807, 2.05) is 0 Å². The zero-order chi connectivity index (χ0) is 11.9. The van der Waals surface area contributed by atoms with E-state index in [9.17, 15) is 0 Å². The molecule has 0 saturated heterocycles. The van der Waals surface area contributed by atoms with Gasteiger partial charge in [0.1, 0.15) is 0 Å². The molecule has 0 amide bonds. The first-order valence-electron chi connectivity index (χ1n) is 6.01. The minimum atomic E-state index is 0. The maximum atomic E-state index is 2.29. The Labute approximate surface area is 117 Å². The molecule has 0 fully saturated rings. The molecule has 0 unspecified atom stereocenters. The zero-order valence-electron chi connectivity index (χ0n) is 10.9. The van der Waals surface area contributed by atoms with Gasteiger partial charge in [-0.3, -0.25) is 0 Å². The fourth-order valence-corrected chi connectivity index (χ4v) is 2.61. The molecule has 0 spiro atoms. The summed E-state index contributed by atoms with van der Waals surface area (Å²) in [6.45, 7) is 11.2. The molecule has 0 saturated carbocycles. The molecule has 0 atom stereocenters. The standard InChI is InChI=1S/C16H20.Li.H/c1-10(2)14-8-6-11(3)15-9-7-12(4)16(15)13(14)5;;/h6-10H,1-5H3;;. The van der Waals surface area contributed by atoms with Gasteiger partial charge < -0.3 is 0 Å². The number of rotatable bonds is 1. The van der Waals surface area contributed by atoms with Crippen LogP contribution in [0.1, 0.15) is 42.0 Å². The third-order valence-corrected chi connectivity index (χ3v) is 3.53. The average molecular weight is 220 g/mol. The topological polar surface area (TPSA) is 0 Å². The Morgan fingerprint density at radius 2 is 1.41 bits per heavy atom. The van der Waals surface area contributed by atoms with E-state index in [1.54, 1.807) is 0 Å². The monoisotopic (exact) mass is 220 g/mol. The molecule has 0 aliphatic heterocycles. The van der Waals surface area contributed by atoms with Crippen molar-refractivity contribution in [2.24, 2.45) is 0 Å². The van der Waals surface area contributed by atoms with Gasteiger partial charge in [-0.05, 0) is 60.1 Å². The molecule has 0 aromatic heterocycles. The van der Waals surface area contributed by atoms with E-state index in [0.717, 1.165) is 0 Å². The second kappa shape index (κ2) is 5.30. The van der Waals surface area contributed by atoms with E-state index < -0.39 is 0 Å². The van der Waals surface area contributed by atoms with E-state index >= 15 is 0 Å². The van der Waals surface area contributed by atoms with Crippen LogP contribution in [0, 0.1) is 20.8 Å². The van der Waals surface area contributed by atoms with Crippen LogP contribution in [-0.2, 0) is 0 Å². The van der Waals surface area contributed by atoms with E-state index in [0.29, 0.717) is 5.92 Å². The van der Waals surface area contributed by atoms with Crippen LogP contribution in [0.4, 0.5) is 0 Å². The van der Waals surface area contributed by atoms with Gasteiger partial charge >= 0.3 is 18.9 Å². The molecule has 0 aromatic carbocycles. The Morgan fingerprint density at radius 1 is 0.824 bits per heavy atom. The molecule has 2 rings (SSSR count). The number of fused-ring (bicyclic) bond motifs is 1. The van der Waals surface area contributed by atoms with Crippen LogP contribution in [0.15, 0.2) is 24.3 Å². The van der Waals surface area contributed by atoms with Gasteiger partial charge in [-0.2, -0.15) is 0 Å². The average Bonchev–Trinajstić information content (AvgIpc) is 2.53. The first-order chi connectivity index (χ1) is 7.52. The van der Waals surface area contributed by atoms with Crippen LogP contribution >= 0.6 is 0 Å². The van der Waals surface area contributed by atoms with Gasteiger partial charge in [-0.15, -0.1) is 0 Å². The fraction of sp³-hybridized carbons (Fsp3) is 0.375. The Morgan fingerprint density at radius 3 is 2.00 bits per heavy atom.